The quantitative estimate of drug-likeness (QED) is 0.452. The molecule has 0 aliphatic heterocycles. The third-order valence-corrected chi connectivity index (χ3v) is 4.93. The van der Waals surface area contributed by atoms with Gasteiger partial charge in [0.25, 0.3) is 0 Å². The van der Waals surface area contributed by atoms with Gasteiger partial charge in [0.05, 0.1) is 19.8 Å². The second-order valence-corrected chi connectivity index (χ2v) is 7.05. The highest BCUT2D eigenvalue weighted by Gasteiger charge is 2.17. The summed E-state index contributed by atoms with van der Waals surface area (Å²) in [6.07, 6.45) is 3.52. The molecule has 4 nitrogen and oxygen atoms in total. The van der Waals surface area contributed by atoms with Gasteiger partial charge in [-0.15, -0.1) is 0 Å². The number of aryl methyl sites for hydroxylation is 1. The Bertz CT molecular complexity index is 962. The predicted octanol–water partition coefficient (Wildman–Crippen LogP) is 5.99. The SMILES string of the molecule is CCCc1c(OCc2ccc(Cl)cc2Cl)ccc2c(CC(=O)OC)coc12. The summed E-state index contributed by atoms with van der Waals surface area (Å²) in [6.45, 7) is 2.42. The van der Waals surface area contributed by atoms with Crippen LogP contribution < -0.4 is 4.74 Å². The molecule has 0 fully saturated rings. The van der Waals surface area contributed by atoms with Gasteiger partial charge in [-0.05, 0) is 30.7 Å². The van der Waals surface area contributed by atoms with Crippen molar-refractivity contribution in [2.24, 2.45) is 0 Å². The number of carbonyl (C=O) groups excluding carboxylic acids is 1. The van der Waals surface area contributed by atoms with Crippen molar-refractivity contribution in [1.82, 2.24) is 0 Å². The molecule has 0 saturated carbocycles. The van der Waals surface area contributed by atoms with Gasteiger partial charge in [-0.2, -0.15) is 0 Å². The third-order valence-electron chi connectivity index (χ3n) is 4.34. The van der Waals surface area contributed by atoms with Crippen molar-refractivity contribution < 1.29 is 18.7 Å². The summed E-state index contributed by atoms with van der Waals surface area (Å²) in [5.74, 6) is 0.446. The summed E-state index contributed by atoms with van der Waals surface area (Å²) in [5, 5.41) is 2.06. The number of rotatable bonds is 7. The summed E-state index contributed by atoms with van der Waals surface area (Å²) < 4.78 is 16.6. The molecule has 3 rings (SSSR count). The lowest BCUT2D eigenvalue weighted by Crippen LogP contribution is -2.04. The van der Waals surface area contributed by atoms with Crippen molar-refractivity contribution in [3.8, 4) is 5.75 Å². The van der Waals surface area contributed by atoms with Gasteiger partial charge in [-0.1, -0.05) is 42.6 Å². The molecule has 0 atom stereocenters. The molecule has 0 bridgehead atoms. The Morgan fingerprint density at radius 1 is 1.15 bits per heavy atom. The van der Waals surface area contributed by atoms with Crippen LogP contribution in [0.1, 0.15) is 30.0 Å². The maximum absolute atomic E-state index is 11.6. The number of benzene rings is 2. The number of methoxy groups -OCH3 is 1. The third kappa shape index (κ3) is 4.40. The summed E-state index contributed by atoms with van der Waals surface area (Å²) in [5.41, 5.74) is 3.39. The molecule has 0 aliphatic carbocycles. The molecule has 0 spiro atoms. The molecule has 0 N–H and O–H groups in total. The molecule has 2 aromatic carbocycles. The van der Waals surface area contributed by atoms with E-state index in [0.29, 0.717) is 16.7 Å². The van der Waals surface area contributed by atoms with Crippen LogP contribution in [0.15, 0.2) is 41.0 Å². The molecule has 0 saturated heterocycles. The van der Waals surface area contributed by atoms with E-state index in [1.54, 1.807) is 18.4 Å². The number of ether oxygens (including phenoxy) is 2. The molecule has 6 heteroatoms. The largest absolute Gasteiger partial charge is 0.488 e. The first kappa shape index (κ1) is 19.6. The Kier molecular flexibility index (Phi) is 6.30. The summed E-state index contributed by atoms with van der Waals surface area (Å²) in [4.78, 5) is 11.6. The van der Waals surface area contributed by atoms with Crippen LogP contribution in [0.3, 0.4) is 0 Å². The first-order valence-corrected chi connectivity index (χ1v) is 9.44. The lowest BCUT2D eigenvalue weighted by molar-refractivity contribution is -0.139. The van der Waals surface area contributed by atoms with Gasteiger partial charge in [0, 0.05) is 32.1 Å². The van der Waals surface area contributed by atoms with Crippen LogP contribution in [0.5, 0.6) is 5.75 Å². The molecule has 1 heterocycles. The first-order valence-electron chi connectivity index (χ1n) is 8.69. The van der Waals surface area contributed by atoms with Crippen LogP contribution in [-0.2, 0) is 29.0 Å². The topological polar surface area (TPSA) is 48.7 Å². The number of hydrogen-bond acceptors (Lipinski definition) is 4. The molecule has 0 radical (unpaired) electrons. The van der Waals surface area contributed by atoms with Crippen molar-refractivity contribution >= 4 is 40.1 Å². The van der Waals surface area contributed by atoms with E-state index in [9.17, 15) is 4.79 Å². The number of carbonyl (C=O) groups is 1. The standard InChI is InChI=1S/C21H20Cl2O4/c1-3-4-17-19(26-11-13-5-6-15(22)10-18(13)23)8-7-16-14(9-20(24)25-2)12-27-21(16)17/h5-8,10,12H,3-4,9,11H2,1-2H3. The number of fused-ring (bicyclic) bond motifs is 1. The maximum Gasteiger partial charge on any atom is 0.310 e. The van der Waals surface area contributed by atoms with E-state index in [1.807, 2.05) is 18.2 Å². The lowest BCUT2D eigenvalue weighted by atomic mass is 10.0. The summed E-state index contributed by atoms with van der Waals surface area (Å²) >= 11 is 12.2. The van der Waals surface area contributed by atoms with Crippen LogP contribution in [0, 0.1) is 0 Å². The average molecular weight is 407 g/mol. The molecule has 27 heavy (non-hydrogen) atoms. The minimum atomic E-state index is -0.299. The van der Waals surface area contributed by atoms with Crippen LogP contribution >= 0.6 is 23.2 Å². The van der Waals surface area contributed by atoms with Crippen molar-refractivity contribution in [1.29, 1.82) is 0 Å². The number of hydrogen-bond donors (Lipinski definition) is 0. The molecule has 1 aromatic heterocycles. The Hall–Kier alpha value is -2.17. The fourth-order valence-electron chi connectivity index (χ4n) is 2.97. The van der Waals surface area contributed by atoms with Crippen LogP contribution in [0.25, 0.3) is 11.0 Å². The molecule has 0 aliphatic rings. The Morgan fingerprint density at radius 3 is 2.67 bits per heavy atom. The van der Waals surface area contributed by atoms with Gasteiger partial charge in [0.15, 0.2) is 0 Å². The average Bonchev–Trinajstić information content (AvgIpc) is 3.05. The fourth-order valence-corrected chi connectivity index (χ4v) is 3.43. The second kappa shape index (κ2) is 8.68. The zero-order valence-electron chi connectivity index (χ0n) is 15.2. The van der Waals surface area contributed by atoms with Gasteiger partial charge in [-0.3, -0.25) is 4.79 Å². The normalized spacial score (nSPS) is 11.0. The Labute approximate surface area is 168 Å². The minimum absolute atomic E-state index is 0.176. The van der Waals surface area contributed by atoms with Gasteiger partial charge in [0.2, 0.25) is 0 Å². The molecular weight excluding hydrogens is 387 g/mol. The highest BCUT2D eigenvalue weighted by atomic mass is 35.5. The molecule has 3 aromatic rings. The maximum atomic E-state index is 11.6. The lowest BCUT2D eigenvalue weighted by Gasteiger charge is -2.13. The van der Waals surface area contributed by atoms with E-state index in [0.717, 1.165) is 46.3 Å². The van der Waals surface area contributed by atoms with Gasteiger partial charge in [-0.25, -0.2) is 0 Å². The van der Waals surface area contributed by atoms with E-state index in [4.69, 9.17) is 37.1 Å². The number of esters is 1. The highest BCUT2D eigenvalue weighted by Crippen LogP contribution is 2.34. The van der Waals surface area contributed by atoms with E-state index in [2.05, 4.69) is 6.92 Å². The van der Waals surface area contributed by atoms with Crippen molar-refractivity contribution in [3.63, 3.8) is 0 Å². The Morgan fingerprint density at radius 2 is 1.96 bits per heavy atom. The van der Waals surface area contributed by atoms with Gasteiger partial charge in [0.1, 0.15) is 17.9 Å². The minimum Gasteiger partial charge on any atom is -0.488 e. The van der Waals surface area contributed by atoms with Crippen LogP contribution in [0.4, 0.5) is 0 Å². The van der Waals surface area contributed by atoms with Crippen molar-refractivity contribution in [2.75, 3.05) is 7.11 Å². The number of furan rings is 1. The Balaban J connectivity index is 1.90. The van der Waals surface area contributed by atoms with Crippen molar-refractivity contribution in [3.05, 3.63) is 63.3 Å². The van der Waals surface area contributed by atoms with Crippen molar-refractivity contribution in [2.45, 2.75) is 32.8 Å². The molecule has 142 valence electrons. The fraction of sp³-hybridized carbons (Fsp3) is 0.286. The smallest absolute Gasteiger partial charge is 0.310 e. The van der Waals surface area contributed by atoms with Gasteiger partial charge >= 0.3 is 5.97 Å². The zero-order valence-corrected chi connectivity index (χ0v) is 16.7. The zero-order chi connectivity index (χ0) is 19.4. The van der Waals surface area contributed by atoms with Crippen LogP contribution in [-0.4, -0.2) is 13.1 Å². The first-order chi connectivity index (χ1) is 13.0. The predicted molar refractivity (Wildman–Crippen MR) is 107 cm³/mol. The van der Waals surface area contributed by atoms with E-state index in [1.165, 1.54) is 7.11 Å². The summed E-state index contributed by atoms with van der Waals surface area (Å²) in [7, 11) is 1.38. The molecular formula is C21H20Cl2O4. The monoisotopic (exact) mass is 406 g/mol. The van der Waals surface area contributed by atoms with Crippen LogP contribution in [0.2, 0.25) is 10.0 Å². The van der Waals surface area contributed by atoms with E-state index in [-0.39, 0.29) is 12.4 Å². The highest BCUT2D eigenvalue weighted by molar-refractivity contribution is 6.35. The van der Waals surface area contributed by atoms with E-state index >= 15 is 0 Å². The second-order valence-electron chi connectivity index (χ2n) is 6.21. The van der Waals surface area contributed by atoms with Gasteiger partial charge < -0.3 is 13.9 Å². The molecule has 0 amide bonds. The number of halogens is 2. The molecule has 0 unspecified atom stereocenters. The van der Waals surface area contributed by atoms with E-state index < -0.39 is 0 Å². The summed E-state index contributed by atoms with van der Waals surface area (Å²) in [6, 6.07) is 9.16.